The SMILES string of the molecule is CC(C)[C@@H](NC(=O)COc1cccnc1[N+](=O)[O-])c1ccc2c(c1)OCCO2. The van der Waals surface area contributed by atoms with Gasteiger partial charge in [0.05, 0.1) is 6.04 Å². The van der Waals surface area contributed by atoms with E-state index in [1.807, 2.05) is 32.0 Å². The normalized spacial score (nSPS) is 13.7. The van der Waals surface area contributed by atoms with Gasteiger partial charge in [0.25, 0.3) is 5.91 Å². The number of carbonyl (C=O) groups is 1. The summed E-state index contributed by atoms with van der Waals surface area (Å²) < 4.78 is 16.4. The Morgan fingerprint density at radius 3 is 2.75 bits per heavy atom. The third-order valence-corrected chi connectivity index (χ3v) is 4.19. The van der Waals surface area contributed by atoms with Crippen LogP contribution in [0.3, 0.4) is 0 Å². The van der Waals surface area contributed by atoms with Crippen molar-refractivity contribution in [2.75, 3.05) is 19.8 Å². The lowest BCUT2D eigenvalue weighted by molar-refractivity contribution is -0.390. The summed E-state index contributed by atoms with van der Waals surface area (Å²) in [4.78, 5) is 26.4. The molecule has 0 unspecified atom stereocenters. The van der Waals surface area contributed by atoms with Crippen LogP contribution >= 0.6 is 0 Å². The van der Waals surface area contributed by atoms with Crippen LogP contribution in [0.1, 0.15) is 25.5 Å². The van der Waals surface area contributed by atoms with E-state index in [9.17, 15) is 14.9 Å². The van der Waals surface area contributed by atoms with E-state index in [1.165, 1.54) is 18.3 Å². The van der Waals surface area contributed by atoms with Gasteiger partial charge in [0.2, 0.25) is 5.75 Å². The van der Waals surface area contributed by atoms with E-state index in [1.54, 1.807) is 0 Å². The van der Waals surface area contributed by atoms with Crippen molar-refractivity contribution in [2.45, 2.75) is 19.9 Å². The summed E-state index contributed by atoms with van der Waals surface area (Å²) in [6.45, 7) is 4.59. The molecule has 0 radical (unpaired) electrons. The van der Waals surface area contributed by atoms with E-state index in [4.69, 9.17) is 14.2 Å². The summed E-state index contributed by atoms with van der Waals surface area (Å²) in [6.07, 6.45) is 1.29. The Kier molecular flexibility index (Phi) is 5.93. The molecule has 1 aliphatic rings. The van der Waals surface area contributed by atoms with Crippen molar-refractivity contribution in [1.82, 2.24) is 10.3 Å². The van der Waals surface area contributed by atoms with E-state index in [0.29, 0.717) is 24.7 Å². The fraction of sp³-hybridized carbons (Fsp3) is 0.368. The molecular weight excluding hydrogens is 366 g/mol. The fourth-order valence-electron chi connectivity index (χ4n) is 2.88. The molecule has 28 heavy (non-hydrogen) atoms. The molecule has 0 spiro atoms. The van der Waals surface area contributed by atoms with Crippen LogP contribution in [0.2, 0.25) is 0 Å². The summed E-state index contributed by atoms with van der Waals surface area (Å²) in [5.41, 5.74) is 0.875. The topological polar surface area (TPSA) is 113 Å². The van der Waals surface area contributed by atoms with Crippen molar-refractivity contribution < 1.29 is 23.9 Å². The smallest absolute Gasteiger partial charge is 0.406 e. The number of pyridine rings is 1. The first kappa shape index (κ1) is 19.4. The molecule has 1 aromatic heterocycles. The number of nitrogens with one attached hydrogen (secondary N) is 1. The number of benzene rings is 1. The molecule has 0 saturated heterocycles. The van der Waals surface area contributed by atoms with E-state index < -0.39 is 16.6 Å². The highest BCUT2D eigenvalue weighted by Gasteiger charge is 2.22. The first-order valence-corrected chi connectivity index (χ1v) is 8.87. The first-order valence-electron chi connectivity index (χ1n) is 8.87. The van der Waals surface area contributed by atoms with Crippen molar-refractivity contribution in [3.8, 4) is 17.2 Å². The summed E-state index contributed by atoms with van der Waals surface area (Å²) >= 11 is 0. The highest BCUT2D eigenvalue weighted by atomic mass is 16.6. The van der Waals surface area contributed by atoms with E-state index in [0.717, 1.165) is 5.56 Å². The highest BCUT2D eigenvalue weighted by molar-refractivity contribution is 5.78. The van der Waals surface area contributed by atoms with Crippen LogP contribution in [0.4, 0.5) is 5.82 Å². The van der Waals surface area contributed by atoms with Crippen LogP contribution in [-0.2, 0) is 4.79 Å². The van der Waals surface area contributed by atoms with Gasteiger partial charge in [0, 0.05) is 0 Å². The maximum Gasteiger partial charge on any atom is 0.406 e. The van der Waals surface area contributed by atoms with Crippen LogP contribution in [0.5, 0.6) is 17.2 Å². The van der Waals surface area contributed by atoms with Crippen molar-refractivity contribution in [3.05, 3.63) is 52.2 Å². The van der Waals surface area contributed by atoms with Crippen LogP contribution in [0.15, 0.2) is 36.5 Å². The average Bonchev–Trinajstić information content (AvgIpc) is 2.70. The van der Waals surface area contributed by atoms with Crippen molar-refractivity contribution in [2.24, 2.45) is 5.92 Å². The standard InChI is InChI=1S/C19H21N3O6/c1-12(2)18(13-5-6-14-16(10-13)27-9-8-26-14)21-17(23)11-28-15-4-3-7-20-19(15)22(24)25/h3-7,10,12,18H,8-9,11H2,1-2H3,(H,21,23)/t18-/m1/s1. The average molecular weight is 387 g/mol. The number of fused-ring (bicyclic) bond motifs is 1. The largest absolute Gasteiger partial charge is 0.486 e. The van der Waals surface area contributed by atoms with Gasteiger partial charge in [-0.3, -0.25) is 4.79 Å². The Bertz CT molecular complexity index is 870. The number of nitro groups is 1. The Morgan fingerprint density at radius 1 is 1.29 bits per heavy atom. The van der Waals surface area contributed by atoms with Gasteiger partial charge < -0.3 is 29.6 Å². The fourth-order valence-corrected chi connectivity index (χ4v) is 2.88. The van der Waals surface area contributed by atoms with Gasteiger partial charge in [-0.25, -0.2) is 0 Å². The molecule has 2 aromatic rings. The molecule has 1 aromatic carbocycles. The zero-order valence-corrected chi connectivity index (χ0v) is 15.6. The van der Waals surface area contributed by atoms with E-state index >= 15 is 0 Å². The summed E-state index contributed by atoms with van der Waals surface area (Å²) in [5, 5.41) is 13.9. The summed E-state index contributed by atoms with van der Waals surface area (Å²) in [5.74, 6) is 0.540. The molecule has 0 bridgehead atoms. The minimum atomic E-state index is -0.653. The molecular formula is C19H21N3O6. The number of ether oxygens (including phenoxy) is 3. The second-order valence-corrected chi connectivity index (χ2v) is 6.56. The van der Waals surface area contributed by atoms with E-state index in [-0.39, 0.29) is 24.3 Å². The zero-order chi connectivity index (χ0) is 20.1. The van der Waals surface area contributed by atoms with Gasteiger partial charge in [0.1, 0.15) is 19.4 Å². The van der Waals surface area contributed by atoms with E-state index in [2.05, 4.69) is 10.3 Å². The zero-order valence-electron chi connectivity index (χ0n) is 15.6. The number of carbonyl (C=O) groups excluding carboxylic acids is 1. The molecule has 0 fully saturated rings. The van der Waals surface area contributed by atoms with Crippen LogP contribution in [-0.4, -0.2) is 35.6 Å². The minimum absolute atomic E-state index is 0.0527. The molecule has 0 aliphatic carbocycles. The van der Waals surface area contributed by atoms with Crippen LogP contribution in [0.25, 0.3) is 0 Å². The molecule has 1 amide bonds. The lowest BCUT2D eigenvalue weighted by Gasteiger charge is -2.25. The Labute approximate surface area is 161 Å². The number of hydrogen-bond donors (Lipinski definition) is 1. The summed E-state index contributed by atoms with van der Waals surface area (Å²) in [7, 11) is 0. The molecule has 9 heteroatoms. The second-order valence-electron chi connectivity index (χ2n) is 6.56. The third-order valence-electron chi connectivity index (χ3n) is 4.19. The molecule has 3 rings (SSSR count). The number of aromatic nitrogens is 1. The van der Waals surface area contributed by atoms with Gasteiger partial charge in [-0.15, -0.1) is 0 Å². The van der Waals surface area contributed by atoms with Gasteiger partial charge in [0.15, 0.2) is 18.1 Å². The molecule has 1 atom stereocenters. The predicted octanol–water partition coefficient (Wildman–Crippen LogP) is 2.65. The number of hydrogen-bond acceptors (Lipinski definition) is 7. The Hall–Kier alpha value is -3.36. The lowest BCUT2D eigenvalue weighted by atomic mass is 9.95. The number of rotatable bonds is 7. The first-order chi connectivity index (χ1) is 13.5. The van der Waals surface area contributed by atoms with Crippen LogP contribution < -0.4 is 19.5 Å². The maximum absolute atomic E-state index is 12.4. The quantitative estimate of drug-likeness (QED) is 0.574. The lowest BCUT2D eigenvalue weighted by Crippen LogP contribution is -2.35. The Morgan fingerprint density at radius 2 is 2.04 bits per heavy atom. The van der Waals surface area contributed by atoms with Crippen molar-refractivity contribution >= 4 is 11.7 Å². The molecule has 2 heterocycles. The van der Waals surface area contributed by atoms with Gasteiger partial charge in [-0.05, 0) is 45.7 Å². The Balaban J connectivity index is 1.68. The van der Waals surface area contributed by atoms with Gasteiger partial charge >= 0.3 is 5.82 Å². The van der Waals surface area contributed by atoms with Crippen LogP contribution in [0, 0.1) is 16.0 Å². The second kappa shape index (κ2) is 8.55. The maximum atomic E-state index is 12.4. The van der Waals surface area contributed by atoms with Gasteiger partial charge in [-0.2, -0.15) is 0 Å². The molecule has 148 valence electrons. The predicted molar refractivity (Wildman–Crippen MR) is 99.5 cm³/mol. The number of nitrogens with zero attached hydrogens (tertiary/aromatic N) is 2. The number of amides is 1. The molecule has 9 nitrogen and oxygen atoms in total. The molecule has 1 N–H and O–H groups in total. The molecule has 0 saturated carbocycles. The minimum Gasteiger partial charge on any atom is -0.486 e. The van der Waals surface area contributed by atoms with Gasteiger partial charge in [-0.1, -0.05) is 19.9 Å². The molecule has 1 aliphatic heterocycles. The van der Waals surface area contributed by atoms with Crippen molar-refractivity contribution in [3.63, 3.8) is 0 Å². The van der Waals surface area contributed by atoms with Crippen molar-refractivity contribution in [1.29, 1.82) is 0 Å². The monoisotopic (exact) mass is 387 g/mol. The highest BCUT2D eigenvalue weighted by Crippen LogP contribution is 2.34. The third kappa shape index (κ3) is 4.48. The summed E-state index contributed by atoms with van der Waals surface area (Å²) in [6, 6.07) is 8.18.